The normalized spacial score (nSPS) is 13.4. The second-order valence-corrected chi connectivity index (χ2v) is 11.8. The summed E-state index contributed by atoms with van der Waals surface area (Å²) in [7, 11) is -4.09. The molecule has 10 heteroatoms. The first kappa shape index (κ1) is 28.5. The minimum Gasteiger partial charge on any atom is -0.492 e. The summed E-state index contributed by atoms with van der Waals surface area (Å²) in [4.78, 5) is 28.2. The molecule has 2 amide bonds. The maximum Gasteiger partial charge on any atom is 0.264 e. The van der Waals surface area contributed by atoms with Crippen LogP contribution in [0.3, 0.4) is 0 Å². The molecule has 0 radical (unpaired) electrons. The van der Waals surface area contributed by atoms with Crippen molar-refractivity contribution < 1.29 is 22.7 Å². The van der Waals surface area contributed by atoms with Crippen LogP contribution in [0.1, 0.15) is 30.9 Å². The van der Waals surface area contributed by atoms with E-state index in [0.29, 0.717) is 25.3 Å². The minimum absolute atomic E-state index is 0.0834. The van der Waals surface area contributed by atoms with Gasteiger partial charge >= 0.3 is 0 Å². The Labute approximate surface area is 234 Å². The van der Waals surface area contributed by atoms with Crippen LogP contribution in [0.15, 0.2) is 82.6 Å². The van der Waals surface area contributed by atoms with Crippen molar-refractivity contribution in [2.45, 2.75) is 42.6 Å². The summed E-state index contributed by atoms with van der Waals surface area (Å²) >= 11 is 1.51. The van der Waals surface area contributed by atoms with Crippen LogP contribution in [0.2, 0.25) is 0 Å². The summed E-state index contributed by atoms with van der Waals surface area (Å²) in [5, 5.41) is 2.88. The number of sulfonamides is 1. The fourth-order valence-corrected chi connectivity index (χ4v) is 6.30. The third-order valence-electron chi connectivity index (χ3n) is 6.50. The monoisotopic (exact) mass is 567 g/mol. The molecule has 39 heavy (non-hydrogen) atoms. The van der Waals surface area contributed by atoms with Crippen LogP contribution in [-0.2, 0) is 32.7 Å². The lowest BCUT2D eigenvalue weighted by Crippen LogP contribution is -2.41. The van der Waals surface area contributed by atoms with E-state index < -0.39 is 22.5 Å². The van der Waals surface area contributed by atoms with Crippen molar-refractivity contribution >= 4 is 39.3 Å². The lowest BCUT2D eigenvalue weighted by molar-refractivity contribution is -0.128. The van der Waals surface area contributed by atoms with Gasteiger partial charge in [0.25, 0.3) is 10.0 Å². The zero-order valence-electron chi connectivity index (χ0n) is 22.1. The average molecular weight is 568 g/mol. The molecule has 206 valence electrons. The number of ether oxygens (including phenoxy) is 1. The first-order valence-electron chi connectivity index (χ1n) is 12.8. The topological polar surface area (TPSA) is 96.0 Å². The van der Waals surface area contributed by atoms with Gasteiger partial charge in [-0.05, 0) is 67.1 Å². The number of benzene rings is 3. The molecular weight excluding hydrogens is 534 g/mol. The number of rotatable bonds is 12. The van der Waals surface area contributed by atoms with Crippen molar-refractivity contribution in [3.63, 3.8) is 0 Å². The number of amides is 2. The Morgan fingerprint density at radius 1 is 1.03 bits per heavy atom. The number of carbonyl (C=O) groups excluding carboxylic acids is 2. The summed E-state index contributed by atoms with van der Waals surface area (Å²) in [6.45, 7) is 3.15. The van der Waals surface area contributed by atoms with Gasteiger partial charge in [0.2, 0.25) is 11.8 Å². The maximum atomic E-state index is 13.8. The summed E-state index contributed by atoms with van der Waals surface area (Å²) < 4.78 is 34.5. The number of thioether (sulfide) groups is 1. The van der Waals surface area contributed by atoms with Crippen molar-refractivity contribution in [3.8, 4) is 5.75 Å². The van der Waals surface area contributed by atoms with Gasteiger partial charge in [-0.3, -0.25) is 13.9 Å². The number of anilines is 1. The Balaban J connectivity index is 1.57. The molecule has 1 fully saturated rings. The van der Waals surface area contributed by atoms with E-state index in [2.05, 4.69) is 5.32 Å². The number of carbonyl (C=O) groups is 2. The Morgan fingerprint density at radius 3 is 2.38 bits per heavy atom. The van der Waals surface area contributed by atoms with Crippen molar-refractivity contribution in [3.05, 3.63) is 83.9 Å². The van der Waals surface area contributed by atoms with Gasteiger partial charge in [0.15, 0.2) is 0 Å². The van der Waals surface area contributed by atoms with Gasteiger partial charge in [0.1, 0.15) is 12.3 Å². The summed E-state index contributed by atoms with van der Waals surface area (Å²) in [5.41, 5.74) is 2.12. The largest absolute Gasteiger partial charge is 0.492 e. The minimum atomic E-state index is -4.09. The molecule has 8 nitrogen and oxygen atoms in total. The number of hydrogen-bond donors (Lipinski definition) is 1. The molecule has 1 N–H and O–H groups in total. The van der Waals surface area contributed by atoms with E-state index in [1.807, 2.05) is 42.3 Å². The molecule has 0 saturated carbocycles. The Kier molecular flexibility index (Phi) is 9.53. The Morgan fingerprint density at radius 2 is 1.72 bits per heavy atom. The molecule has 0 bridgehead atoms. The fourth-order valence-electron chi connectivity index (χ4n) is 4.46. The Bertz CT molecular complexity index is 1410. The first-order chi connectivity index (χ1) is 18.8. The van der Waals surface area contributed by atoms with Crippen molar-refractivity contribution in [2.75, 3.05) is 30.3 Å². The predicted molar refractivity (Wildman–Crippen MR) is 153 cm³/mol. The van der Waals surface area contributed by atoms with Gasteiger partial charge < -0.3 is 15.0 Å². The van der Waals surface area contributed by atoms with E-state index in [9.17, 15) is 18.0 Å². The fraction of sp³-hybridized carbons (Fsp3) is 0.310. The van der Waals surface area contributed by atoms with Crippen molar-refractivity contribution in [2.24, 2.45) is 0 Å². The molecule has 1 saturated heterocycles. The lowest BCUT2D eigenvalue weighted by atomic mass is 10.1. The standard InChI is InChI=1S/C29H33N3O5S2/c1-3-37-27-12-7-6-11-26(27)32(39(35,36)25-16-14-24(38-2)15-17-25)21-28(33)30-19-22-9-4-5-10-23(22)20-31-18-8-13-29(31)34/h4-7,9-12,14-17H,3,8,13,18-21H2,1-2H3,(H,30,33). The smallest absolute Gasteiger partial charge is 0.264 e. The molecule has 3 aromatic carbocycles. The molecule has 0 aromatic heterocycles. The predicted octanol–water partition coefficient (Wildman–Crippen LogP) is 4.44. The van der Waals surface area contributed by atoms with E-state index in [-0.39, 0.29) is 23.0 Å². The van der Waals surface area contributed by atoms with Gasteiger partial charge in [-0.15, -0.1) is 11.8 Å². The molecular formula is C29H33N3O5S2. The summed E-state index contributed by atoms with van der Waals surface area (Å²) in [6.07, 6.45) is 3.33. The molecule has 0 unspecified atom stereocenters. The van der Waals surface area contributed by atoms with Gasteiger partial charge in [-0.2, -0.15) is 0 Å². The molecule has 3 aromatic rings. The second kappa shape index (κ2) is 13.0. The molecule has 0 aliphatic carbocycles. The number of likely N-dealkylation sites (tertiary alicyclic amines) is 1. The summed E-state index contributed by atoms with van der Waals surface area (Å²) in [6, 6.07) is 21.0. The van der Waals surface area contributed by atoms with Gasteiger partial charge in [-0.1, -0.05) is 36.4 Å². The number of nitrogens with zero attached hydrogens (tertiary/aromatic N) is 2. The van der Waals surface area contributed by atoms with E-state index in [1.165, 1.54) is 11.8 Å². The molecule has 4 rings (SSSR count). The van der Waals surface area contributed by atoms with Crippen LogP contribution < -0.4 is 14.4 Å². The molecule has 0 spiro atoms. The van der Waals surface area contributed by atoms with Crippen LogP contribution >= 0.6 is 11.8 Å². The van der Waals surface area contributed by atoms with Crippen LogP contribution in [0, 0.1) is 0 Å². The second-order valence-electron chi connectivity index (χ2n) is 9.05. The van der Waals surface area contributed by atoms with Crippen molar-refractivity contribution in [1.82, 2.24) is 10.2 Å². The van der Waals surface area contributed by atoms with Crippen LogP contribution in [0.4, 0.5) is 5.69 Å². The van der Waals surface area contributed by atoms with Gasteiger partial charge in [-0.25, -0.2) is 8.42 Å². The first-order valence-corrected chi connectivity index (χ1v) is 15.5. The van der Waals surface area contributed by atoms with Crippen LogP contribution in [0.5, 0.6) is 5.75 Å². The lowest BCUT2D eigenvalue weighted by Gasteiger charge is -2.26. The number of hydrogen-bond acceptors (Lipinski definition) is 6. The molecule has 1 aliphatic rings. The highest BCUT2D eigenvalue weighted by Crippen LogP contribution is 2.33. The molecule has 0 atom stereocenters. The third-order valence-corrected chi connectivity index (χ3v) is 9.01. The zero-order valence-corrected chi connectivity index (χ0v) is 23.8. The molecule has 1 aliphatic heterocycles. The van der Waals surface area contributed by atoms with E-state index in [1.54, 1.807) is 48.5 Å². The SMILES string of the molecule is CCOc1ccccc1N(CC(=O)NCc1ccccc1CN1CCCC1=O)S(=O)(=O)c1ccc(SC)cc1. The number of nitrogens with one attached hydrogen (secondary N) is 1. The van der Waals surface area contributed by atoms with E-state index in [0.717, 1.165) is 33.3 Å². The van der Waals surface area contributed by atoms with Crippen LogP contribution in [0.25, 0.3) is 0 Å². The van der Waals surface area contributed by atoms with Crippen molar-refractivity contribution in [1.29, 1.82) is 0 Å². The zero-order chi connectivity index (χ0) is 27.8. The third kappa shape index (κ3) is 6.93. The highest BCUT2D eigenvalue weighted by molar-refractivity contribution is 7.98. The van der Waals surface area contributed by atoms with Gasteiger partial charge in [0, 0.05) is 31.0 Å². The molecule has 1 heterocycles. The van der Waals surface area contributed by atoms with E-state index >= 15 is 0 Å². The average Bonchev–Trinajstić information content (AvgIpc) is 3.35. The summed E-state index contributed by atoms with van der Waals surface area (Å²) in [5.74, 6) is 0.0450. The maximum absolute atomic E-state index is 13.8. The highest BCUT2D eigenvalue weighted by atomic mass is 32.2. The quantitative estimate of drug-likeness (QED) is 0.325. The number of para-hydroxylation sites is 2. The highest BCUT2D eigenvalue weighted by Gasteiger charge is 2.29. The Hall–Kier alpha value is -3.50. The van der Waals surface area contributed by atoms with E-state index in [4.69, 9.17) is 4.74 Å². The van der Waals surface area contributed by atoms with Crippen LogP contribution in [-0.4, -0.2) is 51.1 Å². The van der Waals surface area contributed by atoms with Gasteiger partial charge in [0.05, 0.1) is 17.2 Å².